The summed E-state index contributed by atoms with van der Waals surface area (Å²) >= 11 is 0. The van der Waals surface area contributed by atoms with Crippen molar-refractivity contribution in [1.29, 1.82) is 0 Å². The number of nitrogens with zero attached hydrogens (tertiary/aromatic N) is 4. The zero-order valence-electron chi connectivity index (χ0n) is 16.5. The minimum absolute atomic E-state index is 0.237. The van der Waals surface area contributed by atoms with Gasteiger partial charge in [0.05, 0.1) is 17.4 Å². The van der Waals surface area contributed by atoms with E-state index in [1.807, 2.05) is 6.20 Å². The third-order valence-corrected chi connectivity index (χ3v) is 5.95. The number of piperidine rings is 1. The summed E-state index contributed by atoms with van der Waals surface area (Å²) in [6.07, 6.45) is 3.00. The van der Waals surface area contributed by atoms with Crippen LogP contribution in [-0.4, -0.2) is 38.3 Å². The molecule has 0 saturated carbocycles. The second-order valence-corrected chi connectivity index (χ2v) is 8.41. The zero-order valence-corrected chi connectivity index (χ0v) is 16.5. The van der Waals surface area contributed by atoms with Crippen LogP contribution in [0.25, 0.3) is 28.0 Å². The van der Waals surface area contributed by atoms with Crippen molar-refractivity contribution in [2.45, 2.75) is 26.2 Å². The number of hydrogen-bond donors (Lipinski definition) is 2. The molecule has 7 heteroatoms. The van der Waals surface area contributed by atoms with Crippen LogP contribution in [0.2, 0.25) is 0 Å². The van der Waals surface area contributed by atoms with E-state index in [2.05, 4.69) is 63.9 Å². The molecule has 3 heterocycles. The van der Waals surface area contributed by atoms with Crippen LogP contribution in [0.3, 0.4) is 0 Å². The number of rotatable bonds is 3. The highest BCUT2D eigenvalue weighted by atomic mass is 19.1. The largest absolute Gasteiger partial charge is 0.316 e. The van der Waals surface area contributed by atoms with E-state index < -0.39 is 0 Å². The summed E-state index contributed by atoms with van der Waals surface area (Å²) in [5, 5.41) is 20.0. The Morgan fingerprint density at radius 1 is 1.14 bits per heavy atom. The van der Waals surface area contributed by atoms with Crippen molar-refractivity contribution >= 4 is 10.9 Å². The van der Waals surface area contributed by atoms with Crippen molar-refractivity contribution in [2.24, 2.45) is 5.41 Å². The standard InChI is InChI=1S/C22H23FN6/c1-22(2)13-24-10-9-18(22)14-3-6-16(7-4-14)29-12-20(26-28-29)21-17-8-5-15(23)11-19(17)25-27-21/h3-8,11-12,18,24H,9-10,13H2,1-2H3,(H,25,27). The average Bonchev–Trinajstić information content (AvgIpc) is 3.34. The third-order valence-electron chi connectivity index (χ3n) is 5.95. The predicted molar refractivity (Wildman–Crippen MR) is 110 cm³/mol. The Bertz CT molecular complexity index is 1160. The summed E-state index contributed by atoms with van der Waals surface area (Å²) in [6, 6.07) is 13.1. The highest BCUT2D eigenvalue weighted by molar-refractivity contribution is 5.91. The normalized spacial score (nSPS) is 18.9. The van der Waals surface area contributed by atoms with Gasteiger partial charge in [0.25, 0.3) is 0 Å². The number of fused-ring (bicyclic) bond motifs is 1. The number of halogens is 1. The molecule has 2 N–H and O–H groups in total. The molecule has 1 unspecified atom stereocenters. The second kappa shape index (κ2) is 6.77. The van der Waals surface area contributed by atoms with Gasteiger partial charge in [0, 0.05) is 11.9 Å². The molecule has 0 radical (unpaired) electrons. The van der Waals surface area contributed by atoms with E-state index in [0.717, 1.165) is 30.6 Å². The SMILES string of the molecule is CC1(C)CNCCC1c1ccc(-n2cc(-c3n[nH]c4cc(F)ccc34)nn2)cc1. The fraction of sp³-hybridized carbons (Fsp3) is 0.318. The first-order chi connectivity index (χ1) is 14.0. The molecule has 1 aliphatic heterocycles. The lowest BCUT2D eigenvalue weighted by molar-refractivity contribution is 0.219. The van der Waals surface area contributed by atoms with Crippen molar-refractivity contribution in [2.75, 3.05) is 13.1 Å². The molecule has 0 spiro atoms. The monoisotopic (exact) mass is 390 g/mol. The number of nitrogens with one attached hydrogen (secondary N) is 2. The Kier molecular flexibility index (Phi) is 4.20. The Hall–Kier alpha value is -3.06. The number of benzene rings is 2. The number of hydrogen-bond acceptors (Lipinski definition) is 4. The summed E-state index contributed by atoms with van der Waals surface area (Å²) in [6.45, 7) is 6.74. The lowest BCUT2D eigenvalue weighted by atomic mass is 9.71. The first-order valence-electron chi connectivity index (χ1n) is 9.89. The van der Waals surface area contributed by atoms with E-state index >= 15 is 0 Å². The van der Waals surface area contributed by atoms with Crippen LogP contribution < -0.4 is 5.32 Å². The van der Waals surface area contributed by atoms with Gasteiger partial charge in [-0.25, -0.2) is 9.07 Å². The van der Waals surface area contributed by atoms with E-state index in [4.69, 9.17) is 0 Å². The Labute approximate surface area is 168 Å². The second-order valence-electron chi connectivity index (χ2n) is 8.41. The number of aromatic amines is 1. The molecule has 4 aromatic rings. The minimum Gasteiger partial charge on any atom is -0.316 e. The van der Waals surface area contributed by atoms with Crippen LogP contribution in [-0.2, 0) is 0 Å². The molecule has 2 aromatic carbocycles. The average molecular weight is 390 g/mol. The van der Waals surface area contributed by atoms with E-state index in [1.165, 1.54) is 17.7 Å². The molecule has 1 fully saturated rings. The van der Waals surface area contributed by atoms with Crippen molar-refractivity contribution < 1.29 is 4.39 Å². The number of aromatic nitrogens is 5. The maximum Gasteiger partial charge on any atom is 0.134 e. The van der Waals surface area contributed by atoms with Gasteiger partial charge in [0.1, 0.15) is 17.2 Å². The Balaban J connectivity index is 1.43. The van der Waals surface area contributed by atoms with Crippen LogP contribution in [0.15, 0.2) is 48.7 Å². The van der Waals surface area contributed by atoms with Crippen LogP contribution in [0.5, 0.6) is 0 Å². The van der Waals surface area contributed by atoms with E-state index in [-0.39, 0.29) is 11.2 Å². The summed E-state index contributed by atoms with van der Waals surface area (Å²) in [5.41, 5.74) is 4.50. The highest BCUT2D eigenvalue weighted by Gasteiger charge is 2.33. The zero-order chi connectivity index (χ0) is 20.0. The molecule has 29 heavy (non-hydrogen) atoms. The Morgan fingerprint density at radius 2 is 1.97 bits per heavy atom. The summed E-state index contributed by atoms with van der Waals surface area (Å²) < 4.78 is 15.2. The molecule has 0 aliphatic carbocycles. The lowest BCUT2D eigenvalue weighted by Crippen LogP contribution is -2.41. The molecule has 148 valence electrons. The molecule has 5 rings (SSSR count). The predicted octanol–water partition coefficient (Wildman–Crippen LogP) is 4.05. The molecule has 1 aliphatic rings. The smallest absolute Gasteiger partial charge is 0.134 e. The quantitative estimate of drug-likeness (QED) is 0.554. The van der Waals surface area contributed by atoms with Gasteiger partial charge < -0.3 is 5.32 Å². The van der Waals surface area contributed by atoms with Crippen molar-refractivity contribution in [3.63, 3.8) is 0 Å². The molecule has 1 atom stereocenters. The summed E-state index contributed by atoms with van der Waals surface area (Å²) in [7, 11) is 0. The van der Waals surface area contributed by atoms with Crippen molar-refractivity contribution in [3.05, 3.63) is 60.0 Å². The topological polar surface area (TPSA) is 71.4 Å². The van der Waals surface area contributed by atoms with E-state index in [1.54, 1.807) is 10.7 Å². The van der Waals surface area contributed by atoms with Gasteiger partial charge in [-0.1, -0.05) is 31.2 Å². The van der Waals surface area contributed by atoms with E-state index in [0.29, 0.717) is 22.8 Å². The summed E-state index contributed by atoms with van der Waals surface area (Å²) in [5.74, 6) is 0.244. The first kappa shape index (κ1) is 18.0. The minimum atomic E-state index is -0.298. The van der Waals surface area contributed by atoms with Crippen LogP contribution in [0.1, 0.15) is 31.7 Å². The Morgan fingerprint density at radius 3 is 2.76 bits per heavy atom. The van der Waals surface area contributed by atoms with Crippen LogP contribution >= 0.6 is 0 Å². The fourth-order valence-electron chi connectivity index (χ4n) is 4.33. The van der Waals surface area contributed by atoms with Gasteiger partial charge in [0.15, 0.2) is 0 Å². The third kappa shape index (κ3) is 3.21. The molecular formula is C22H23FN6. The van der Waals surface area contributed by atoms with Gasteiger partial charge in [-0.15, -0.1) is 5.10 Å². The summed E-state index contributed by atoms with van der Waals surface area (Å²) in [4.78, 5) is 0. The molecule has 1 saturated heterocycles. The van der Waals surface area contributed by atoms with Crippen LogP contribution in [0, 0.1) is 11.2 Å². The first-order valence-corrected chi connectivity index (χ1v) is 9.89. The molecule has 2 aromatic heterocycles. The maximum absolute atomic E-state index is 13.4. The molecular weight excluding hydrogens is 367 g/mol. The fourth-order valence-corrected chi connectivity index (χ4v) is 4.33. The van der Waals surface area contributed by atoms with Gasteiger partial charge >= 0.3 is 0 Å². The van der Waals surface area contributed by atoms with Gasteiger partial charge in [0.2, 0.25) is 0 Å². The van der Waals surface area contributed by atoms with Crippen LogP contribution in [0.4, 0.5) is 4.39 Å². The van der Waals surface area contributed by atoms with Crippen molar-refractivity contribution in [3.8, 4) is 17.1 Å². The van der Waals surface area contributed by atoms with Gasteiger partial charge in [-0.3, -0.25) is 5.10 Å². The van der Waals surface area contributed by atoms with Gasteiger partial charge in [-0.2, -0.15) is 5.10 Å². The maximum atomic E-state index is 13.4. The molecule has 0 amide bonds. The highest BCUT2D eigenvalue weighted by Crippen LogP contribution is 2.39. The van der Waals surface area contributed by atoms with Gasteiger partial charge in [-0.05, 0) is 60.2 Å². The molecule has 0 bridgehead atoms. The van der Waals surface area contributed by atoms with Crippen molar-refractivity contribution in [1.82, 2.24) is 30.5 Å². The lowest BCUT2D eigenvalue weighted by Gasteiger charge is -2.39. The van der Waals surface area contributed by atoms with E-state index in [9.17, 15) is 4.39 Å². The molecule has 6 nitrogen and oxygen atoms in total. The number of H-pyrrole nitrogens is 1.